The molecule has 0 radical (unpaired) electrons. The van der Waals surface area contributed by atoms with Gasteiger partial charge < -0.3 is 25.4 Å². The molecule has 1 aromatic rings. The number of ether oxygens (including phenoxy) is 1. The molecule has 0 bridgehead atoms. The predicted molar refractivity (Wildman–Crippen MR) is 150 cm³/mol. The molecule has 0 heterocycles. The van der Waals surface area contributed by atoms with Gasteiger partial charge in [0.25, 0.3) is 0 Å². The van der Waals surface area contributed by atoms with Gasteiger partial charge in [0.2, 0.25) is 0 Å². The van der Waals surface area contributed by atoms with Crippen LogP contribution in [-0.4, -0.2) is 50.0 Å². The Kier molecular flexibility index (Phi) is 18.4. The van der Waals surface area contributed by atoms with Crippen molar-refractivity contribution in [2.45, 2.75) is 104 Å². The Morgan fingerprint density at radius 1 is 0.917 bits per heavy atom. The minimum absolute atomic E-state index is 0.0943. The SMILES string of the molecule is CCCCCCCCCCCCCCOC(=O)CCNC(=O)Nc1ccc(N(CC)CCO)cc1C. The summed E-state index contributed by atoms with van der Waals surface area (Å²) >= 11 is 0. The van der Waals surface area contributed by atoms with Gasteiger partial charge in [0, 0.05) is 31.0 Å². The first-order valence-electron chi connectivity index (χ1n) is 14.2. The maximum Gasteiger partial charge on any atom is 0.319 e. The Bertz CT molecular complexity index is 726. The summed E-state index contributed by atoms with van der Waals surface area (Å²) in [7, 11) is 0. The van der Waals surface area contributed by atoms with Crippen LogP contribution in [0.5, 0.6) is 0 Å². The number of hydrogen-bond donors (Lipinski definition) is 3. The van der Waals surface area contributed by atoms with Crippen molar-refractivity contribution < 1.29 is 19.4 Å². The van der Waals surface area contributed by atoms with Crippen molar-refractivity contribution in [2.75, 3.05) is 43.1 Å². The van der Waals surface area contributed by atoms with E-state index in [9.17, 15) is 14.7 Å². The number of carbonyl (C=O) groups excluding carboxylic acids is 2. The van der Waals surface area contributed by atoms with Crippen molar-refractivity contribution in [3.63, 3.8) is 0 Å². The van der Waals surface area contributed by atoms with E-state index >= 15 is 0 Å². The maximum atomic E-state index is 12.2. The van der Waals surface area contributed by atoms with E-state index in [-0.39, 0.29) is 31.6 Å². The van der Waals surface area contributed by atoms with Crippen LogP contribution in [0.15, 0.2) is 18.2 Å². The number of urea groups is 1. The van der Waals surface area contributed by atoms with Crippen molar-refractivity contribution in [3.05, 3.63) is 23.8 Å². The number of carbonyl (C=O) groups is 2. The van der Waals surface area contributed by atoms with Crippen molar-refractivity contribution in [2.24, 2.45) is 0 Å². The number of likely N-dealkylation sites (N-methyl/N-ethyl adjacent to an activating group) is 1. The summed E-state index contributed by atoms with van der Waals surface area (Å²) in [5.41, 5.74) is 2.65. The Labute approximate surface area is 219 Å². The Balaban J connectivity index is 2.07. The lowest BCUT2D eigenvalue weighted by molar-refractivity contribution is -0.143. The maximum absolute atomic E-state index is 12.2. The highest BCUT2D eigenvalue weighted by Gasteiger charge is 2.09. The molecule has 2 amide bonds. The Hall–Kier alpha value is -2.28. The molecule has 0 aromatic heterocycles. The number of nitrogens with one attached hydrogen (secondary N) is 2. The van der Waals surface area contributed by atoms with Crippen molar-refractivity contribution >= 4 is 23.4 Å². The lowest BCUT2D eigenvalue weighted by Gasteiger charge is -2.23. The predicted octanol–water partition coefficient (Wildman–Crippen LogP) is 6.57. The highest BCUT2D eigenvalue weighted by Crippen LogP contribution is 2.22. The van der Waals surface area contributed by atoms with E-state index in [0.717, 1.165) is 30.6 Å². The molecule has 0 aliphatic rings. The number of benzene rings is 1. The zero-order valence-electron chi connectivity index (χ0n) is 23.1. The van der Waals surface area contributed by atoms with E-state index in [1.807, 2.05) is 32.0 Å². The monoisotopic (exact) mass is 505 g/mol. The number of rotatable bonds is 21. The molecule has 0 aliphatic heterocycles. The van der Waals surface area contributed by atoms with E-state index in [2.05, 4.69) is 22.5 Å². The van der Waals surface area contributed by atoms with Gasteiger partial charge in [-0.1, -0.05) is 77.6 Å². The topological polar surface area (TPSA) is 90.9 Å². The number of nitrogens with zero attached hydrogens (tertiary/aromatic N) is 1. The summed E-state index contributed by atoms with van der Waals surface area (Å²) in [6.07, 6.45) is 15.5. The van der Waals surface area contributed by atoms with Crippen molar-refractivity contribution in [3.8, 4) is 0 Å². The van der Waals surface area contributed by atoms with Crippen LogP contribution in [0, 0.1) is 6.92 Å². The molecule has 1 rings (SSSR count). The molecular formula is C29H51N3O4. The molecule has 0 fully saturated rings. The minimum atomic E-state index is -0.345. The fourth-order valence-electron chi connectivity index (χ4n) is 4.22. The largest absolute Gasteiger partial charge is 0.466 e. The fraction of sp³-hybridized carbons (Fsp3) is 0.724. The average molecular weight is 506 g/mol. The summed E-state index contributed by atoms with van der Waals surface area (Å²) in [6.45, 7) is 8.37. The van der Waals surface area contributed by atoms with Crippen LogP contribution in [0.2, 0.25) is 0 Å². The van der Waals surface area contributed by atoms with E-state index < -0.39 is 0 Å². The second-order valence-electron chi connectivity index (χ2n) is 9.54. The normalized spacial score (nSPS) is 10.8. The summed E-state index contributed by atoms with van der Waals surface area (Å²) in [6, 6.07) is 5.42. The second kappa shape index (κ2) is 20.9. The molecule has 0 aliphatic carbocycles. The standard InChI is InChI=1S/C29H51N3O4/c1-4-6-7-8-9-10-11-12-13-14-15-16-23-36-28(34)19-20-30-29(35)31-27-18-17-26(24-25(27)3)32(5-2)21-22-33/h17-18,24,33H,4-16,19-23H2,1-3H3,(H2,30,31,35). The van der Waals surface area contributed by atoms with Gasteiger partial charge in [-0.2, -0.15) is 0 Å². The van der Waals surface area contributed by atoms with Crippen LogP contribution < -0.4 is 15.5 Å². The van der Waals surface area contributed by atoms with Gasteiger partial charge in [-0.15, -0.1) is 0 Å². The number of hydrogen-bond acceptors (Lipinski definition) is 5. The van der Waals surface area contributed by atoms with Gasteiger partial charge in [-0.25, -0.2) is 4.79 Å². The number of aliphatic hydroxyl groups is 1. The molecule has 36 heavy (non-hydrogen) atoms. The molecular weight excluding hydrogens is 454 g/mol. The van der Waals surface area contributed by atoms with Crippen LogP contribution in [0.1, 0.15) is 103 Å². The third-order valence-corrected chi connectivity index (χ3v) is 6.45. The number of aliphatic hydroxyl groups excluding tert-OH is 1. The van der Waals surface area contributed by atoms with E-state index in [4.69, 9.17) is 4.74 Å². The summed E-state index contributed by atoms with van der Waals surface area (Å²) in [4.78, 5) is 26.2. The number of anilines is 2. The van der Waals surface area contributed by atoms with Gasteiger partial charge >= 0.3 is 12.0 Å². The smallest absolute Gasteiger partial charge is 0.319 e. The highest BCUT2D eigenvalue weighted by molar-refractivity contribution is 5.90. The first-order valence-corrected chi connectivity index (χ1v) is 14.2. The van der Waals surface area contributed by atoms with Crippen LogP contribution in [0.3, 0.4) is 0 Å². The van der Waals surface area contributed by atoms with Crippen molar-refractivity contribution in [1.29, 1.82) is 0 Å². The van der Waals surface area contributed by atoms with Gasteiger partial charge in [-0.3, -0.25) is 4.79 Å². The van der Waals surface area contributed by atoms with E-state index in [1.54, 1.807) is 0 Å². The van der Waals surface area contributed by atoms with Gasteiger partial charge in [0.05, 0.1) is 19.6 Å². The Morgan fingerprint density at radius 2 is 1.53 bits per heavy atom. The molecule has 1 aromatic carbocycles. The zero-order chi connectivity index (χ0) is 26.4. The summed E-state index contributed by atoms with van der Waals surface area (Å²) in [5.74, 6) is -0.276. The zero-order valence-corrected chi connectivity index (χ0v) is 23.1. The molecule has 0 atom stereocenters. The summed E-state index contributed by atoms with van der Waals surface area (Å²) in [5, 5.41) is 14.7. The molecule has 7 nitrogen and oxygen atoms in total. The lowest BCUT2D eigenvalue weighted by atomic mass is 10.1. The number of aryl methyl sites for hydroxylation is 1. The molecule has 0 saturated heterocycles. The van der Waals surface area contributed by atoms with Crippen molar-refractivity contribution in [1.82, 2.24) is 5.32 Å². The molecule has 3 N–H and O–H groups in total. The van der Waals surface area contributed by atoms with Gasteiger partial charge in [-0.05, 0) is 44.0 Å². The lowest BCUT2D eigenvalue weighted by Crippen LogP contribution is -2.31. The molecule has 7 heteroatoms. The first-order chi connectivity index (χ1) is 17.5. The highest BCUT2D eigenvalue weighted by atomic mass is 16.5. The van der Waals surface area contributed by atoms with Crippen LogP contribution in [-0.2, 0) is 9.53 Å². The van der Waals surface area contributed by atoms with Crippen LogP contribution in [0.4, 0.5) is 16.2 Å². The summed E-state index contributed by atoms with van der Waals surface area (Å²) < 4.78 is 5.29. The molecule has 206 valence electrons. The minimum Gasteiger partial charge on any atom is -0.466 e. The van der Waals surface area contributed by atoms with Gasteiger partial charge in [0.1, 0.15) is 0 Å². The molecule has 0 saturated carbocycles. The first kappa shape index (κ1) is 31.7. The van der Waals surface area contributed by atoms with Gasteiger partial charge in [0.15, 0.2) is 0 Å². The third kappa shape index (κ3) is 15.0. The second-order valence-corrected chi connectivity index (χ2v) is 9.54. The quantitative estimate of drug-likeness (QED) is 0.130. The number of esters is 1. The fourth-order valence-corrected chi connectivity index (χ4v) is 4.22. The van der Waals surface area contributed by atoms with Crippen LogP contribution >= 0.6 is 0 Å². The van der Waals surface area contributed by atoms with E-state index in [1.165, 1.54) is 64.2 Å². The Morgan fingerprint density at radius 3 is 2.08 bits per heavy atom. The third-order valence-electron chi connectivity index (χ3n) is 6.45. The average Bonchev–Trinajstić information content (AvgIpc) is 2.86. The number of unbranched alkanes of at least 4 members (excludes halogenated alkanes) is 11. The molecule has 0 unspecified atom stereocenters. The van der Waals surface area contributed by atoms with E-state index in [0.29, 0.717) is 18.8 Å². The molecule has 0 spiro atoms. The van der Waals surface area contributed by atoms with Crippen LogP contribution in [0.25, 0.3) is 0 Å². The number of amides is 2.